The van der Waals surface area contributed by atoms with Crippen LogP contribution in [0.5, 0.6) is 0 Å². The highest BCUT2D eigenvalue weighted by molar-refractivity contribution is 9.10. The molecule has 8 heteroatoms. The van der Waals surface area contributed by atoms with Gasteiger partial charge in [0, 0.05) is 28.9 Å². The summed E-state index contributed by atoms with van der Waals surface area (Å²) in [5, 5.41) is 2.68. The van der Waals surface area contributed by atoms with E-state index >= 15 is 0 Å². The lowest BCUT2D eigenvalue weighted by Gasteiger charge is -2.33. The predicted molar refractivity (Wildman–Crippen MR) is 98.1 cm³/mol. The molecule has 134 valence electrons. The van der Waals surface area contributed by atoms with E-state index in [0.717, 1.165) is 4.47 Å². The van der Waals surface area contributed by atoms with Crippen molar-refractivity contribution in [3.8, 4) is 0 Å². The number of hydrogen-bond donors (Lipinski definition) is 1. The molecule has 1 aliphatic rings. The molecule has 0 saturated carbocycles. The Balaban J connectivity index is 1.61. The highest BCUT2D eigenvalue weighted by atomic mass is 79.9. The van der Waals surface area contributed by atoms with Crippen LogP contribution in [0.1, 0.15) is 0 Å². The summed E-state index contributed by atoms with van der Waals surface area (Å²) in [7, 11) is 0. The van der Waals surface area contributed by atoms with Gasteiger partial charge in [0.1, 0.15) is 12.4 Å². The largest absolute Gasteiger partial charge is 0.325 e. The predicted octanol–water partition coefficient (Wildman–Crippen LogP) is 2.40. The molecule has 0 unspecified atom stereocenters. The van der Waals surface area contributed by atoms with Crippen molar-refractivity contribution in [2.24, 2.45) is 0 Å². The number of hydrogen-bond acceptors (Lipinski definition) is 3. The first-order chi connectivity index (χ1) is 12.4. The number of anilines is 2. The number of halogens is 2. The second-order valence-corrected chi connectivity index (χ2v) is 6.63. The molecule has 1 saturated heterocycles. The lowest BCUT2D eigenvalue weighted by molar-refractivity contribution is -0.147. The van der Waals surface area contributed by atoms with E-state index < -0.39 is 17.6 Å². The molecule has 1 heterocycles. The molecule has 2 aromatic carbocycles. The second kappa shape index (κ2) is 7.65. The minimum absolute atomic E-state index is 0.210. The zero-order valence-corrected chi connectivity index (χ0v) is 15.2. The third kappa shape index (κ3) is 4.08. The Morgan fingerprint density at radius 1 is 1.00 bits per heavy atom. The number of amides is 3. The van der Waals surface area contributed by atoms with Gasteiger partial charge in [0.05, 0.1) is 0 Å². The van der Waals surface area contributed by atoms with Gasteiger partial charge < -0.3 is 15.1 Å². The van der Waals surface area contributed by atoms with E-state index in [2.05, 4.69) is 21.2 Å². The summed E-state index contributed by atoms with van der Waals surface area (Å²) in [5.41, 5.74) is 1.05. The Morgan fingerprint density at radius 2 is 1.65 bits per heavy atom. The highest BCUT2D eigenvalue weighted by Crippen LogP contribution is 2.19. The molecule has 2 aromatic rings. The average Bonchev–Trinajstić information content (AvgIpc) is 2.62. The fourth-order valence-corrected chi connectivity index (χ4v) is 2.86. The van der Waals surface area contributed by atoms with E-state index in [1.807, 2.05) is 0 Å². The van der Waals surface area contributed by atoms with E-state index in [0.29, 0.717) is 11.4 Å². The fraction of sp³-hybridized carbons (Fsp3) is 0.167. The number of rotatable bonds is 4. The fourth-order valence-electron chi connectivity index (χ4n) is 2.60. The van der Waals surface area contributed by atoms with E-state index in [1.54, 1.807) is 24.3 Å². The lowest BCUT2D eigenvalue weighted by Crippen LogP contribution is -2.56. The number of carbonyl (C=O) groups is 3. The number of nitrogens with zero attached hydrogens (tertiary/aromatic N) is 2. The Morgan fingerprint density at radius 3 is 2.31 bits per heavy atom. The Bertz CT molecular complexity index is 840. The van der Waals surface area contributed by atoms with Crippen LogP contribution in [0.2, 0.25) is 0 Å². The Hall–Kier alpha value is -2.74. The van der Waals surface area contributed by atoms with Crippen LogP contribution in [0.25, 0.3) is 0 Å². The van der Waals surface area contributed by atoms with Crippen LogP contribution in [0.15, 0.2) is 53.0 Å². The summed E-state index contributed by atoms with van der Waals surface area (Å²) in [4.78, 5) is 39.2. The third-order valence-electron chi connectivity index (χ3n) is 3.91. The van der Waals surface area contributed by atoms with Crippen LogP contribution >= 0.6 is 15.9 Å². The van der Waals surface area contributed by atoms with Gasteiger partial charge in [-0.1, -0.05) is 15.9 Å². The van der Waals surface area contributed by atoms with Crippen molar-refractivity contribution in [3.05, 3.63) is 58.8 Å². The number of benzene rings is 2. The van der Waals surface area contributed by atoms with Crippen molar-refractivity contribution in [3.63, 3.8) is 0 Å². The van der Waals surface area contributed by atoms with E-state index in [1.165, 1.54) is 34.1 Å². The van der Waals surface area contributed by atoms with Crippen molar-refractivity contribution >= 4 is 45.0 Å². The van der Waals surface area contributed by atoms with Crippen LogP contribution < -0.4 is 10.2 Å². The summed E-state index contributed by atoms with van der Waals surface area (Å²) >= 11 is 3.31. The Kier molecular flexibility index (Phi) is 5.32. The van der Waals surface area contributed by atoms with Crippen molar-refractivity contribution in [1.82, 2.24) is 4.90 Å². The molecule has 0 atom stereocenters. The molecular formula is C18H15BrFN3O3. The van der Waals surface area contributed by atoms with Crippen LogP contribution in [0.3, 0.4) is 0 Å². The average molecular weight is 420 g/mol. The quantitative estimate of drug-likeness (QED) is 0.773. The maximum absolute atomic E-state index is 13.0. The monoisotopic (exact) mass is 419 g/mol. The minimum atomic E-state index is -0.758. The van der Waals surface area contributed by atoms with Gasteiger partial charge in [0.15, 0.2) is 0 Å². The smallest absolute Gasteiger partial charge is 0.316 e. The van der Waals surface area contributed by atoms with Crippen molar-refractivity contribution < 1.29 is 18.8 Å². The maximum atomic E-state index is 13.0. The SMILES string of the molecule is O=C(CN1CCN(c2ccc(F)cc2)C(=O)C1=O)Nc1ccc(Br)cc1. The van der Waals surface area contributed by atoms with Gasteiger partial charge in [0.25, 0.3) is 0 Å². The topological polar surface area (TPSA) is 69.7 Å². The summed E-state index contributed by atoms with van der Waals surface area (Å²) < 4.78 is 13.9. The molecule has 3 amide bonds. The van der Waals surface area contributed by atoms with Crippen molar-refractivity contribution in [2.75, 3.05) is 29.9 Å². The van der Waals surface area contributed by atoms with Crippen LogP contribution in [-0.4, -0.2) is 42.3 Å². The zero-order chi connectivity index (χ0) is 18.7. The first-order valence-corrected chi connectivity index (χ1v) is 8.65. The molecule has 1 aliphatic heterocycles. The minimum Gasteiger partial charge on any atom is -0.325 e. The molecule has 0 bridgehead atoms. The molecule has 3 rings (SSSR count). The second-order valence-electron chi connectivity index (χ2n) is 5.71. The molecule has 1 N–H and O–H groups in total. The molecule has 6 nitrogen and oxygen atoms in total. The number of piperazine rings is 1. The van der Waals surface area contributed by atoms with Gasteiger partial charge in [0.2, 0.25) is 5.91 Å². The summed E-state index contributed by atoms with van der Waals surface area (Å²) in [6, 6.07) is 12.4. The van der Waals surface area contributed by atoms with Gasteiger partial charge in [-0.3, -0.25) is 14.4 Å². The van der Waals surface area contributed by atoms with Gasteiger partial charge in [-0.2, -0.15) is 0 Å². The first-order valence-electron chi connectivity index (χ1n) is 7.86. The van der Waals surface area contributed by atoms with Crippen molar-refractivity contribution in [2.45, 2.75) is 0 Å². The van der Waals surface area contributed by atoms with Crippen molar-refractivity contribution in [1.29, 1.82) is 0 Å². The number of nitrogens with one attached hydrogen (secondary N) is 1. The summed E-state index contributed by atoms with van der Waals surface area (Å²) in [6.45, 7) is 0.245. The van der Waals surface area contributed by atoms with Gasteiger partial charge >= 0.3 is 11.8 Å². The third-order valence-corrected chi connectivity index (χ3v) is 4.44. The molecule has 0 aliphatic carbocycles. The van der Waals surface area contributed by atoms with Gasteiger partial charge in [-0.25, -0.2) is 4.39 Å². The lowest BCUT2D eigenvalue weighted by atomic mass is 10.2. The van der Waals surface area contributed by atoms with Gasteiger partial charge in [-0.15, -0.1) is 0 Å². The molecule has 0 spiro atoms. The van der Waals surface area contributed by atoms with Crippen LogP contribution in [-0.2, 0) is 14.4 Å². The highest BCUT2D eigenvalue weighted by Gasteiger charge is 2.34. The molecular weight excluding hydrogens is 405 g/mol. The molecule has 0 radical (unpaired) electrons. The van der Waals surface area contributed by atoms with E-state index in [4.69, 9.17) is 0 Å². The summed E-state index contributed by atoms with van der Waals surface area (Å²) in [6.07, 6.45) is 0. The number of carbonyl (C=O) groups excluding carboxylic acids is 3. The maximum Gasteiger partial charge on any atom is 0.316 e. The van der Waals surface area contributed by atoms with Crippen LogP contribution in [0.4, 0.5) is 15.8 Å². The van der Waals surface area contributed by atoms with E-state index in [9.17, 15) is 18.8 Å². The molecule has 1 fully saturated rings. The molecule has 0 aromatic heterocycles. The standard InChI is InChI=1S/C18H15BrFN3O3/c19-12-1-5-14(6-2-12)21-16(24)11-22-9-10-23(18(26)17(22)25)15-7-3-13(20)4-8-15/h1-8H,9-11H2,(H,21,24). The molecule has 26 heavy (non-hydrogen) atoms. The summed E-state index contributed by atoms with van der Waals surface area (Å²) in [5.74, 6) is -2.30. The van der Waals surface area contributed by atoms with Gasteiger partial charge in [-0.05, 0) is 48.5 Å². The normalized spacial score (nSPS) is 14.5. The zero-order valence-electron chi connectivity index (χ0n) is 13.6. The van der Waals surface area contributed by atoms with E-state index in [-0.39, 0.29) is 25.5 Å². The van der Waals surface area contributed by atoms with Crippen LogP contribution in [0, 0.1) is 5.82 Å². The Labute approximate surface area is 157 Å². The first kappa shape index (κ1) is 18.1.